The third-order valence-electron chi connectivity index (χ3n) is 6.00. The number of rotatable bonds is 9. The van der Waals surface area contributed by atoms with Gasteiger partial charge in [0, 0.05) is 37.1 Å². The van der Waals surface area contributed by atoms with Crippen LogP contribution in [-0.2, 0) is 0 Å². The molecule has 1 fully saturated rings. The molecule has 0 aromatic carbocycles. The van der Waals surface area contributed by atoms with Crippen molar-refractivity contribution in [3.63, 3.8) is 0 Å². The van der Waals surface area contributed by atoms with Gasteiger partial charge in [-0.15, -0.1) is 0 Å². The van der Waals surface area contributed by atoms with Gasteiger partial charge in [-0.1, -0.05) is 0 Å². The minimum absolute atomic E-state index is 0.0696. The van der Waals surface area contributed by atoms with E-state index in [4.69, 9.17) is 9.97 Å². The highest BCUT2D eigenvalue weighted by Crippen LogP contribution is 2.29. The summed E-state index contributed by atoms with van der Waals surface area (Å²) in [5.41, 5.74) is 2.61. The fourth-order valence-electron chi connectivity index (χ4n) is 4.43. The molecule has 8 nitrogen and oxygen atoms in total. The number of aliphatic hydroxyl groups excluding tert-OH is 1. The van der Waals surface area contributed by atoms with E-state index in [1.807, 2.05) is 10.9 Å². The molecule has 0 aliphatic carbocycles. The van der Waals surface area contributed by atoms with E-state index in [2.05, 4.69) is 64.6 Å². The lowest BCUT2D eigenvalue weighted by molar-refractivity contribution is 0.182. The highest BCUT2D eigenvalue weighted by atomic mass is 32.1. The van der Waals surface area contributed by atoms with E-state index in [0.29, 0.717) is 18.0 Å². The first kappa shape index (κ1) is 22.0. The summed E-state index contributed by atoms with van der Waals surface area (Å²) in [5, 5.41) is 17.5. The van der Waals surface area contributed by atoms with Crippen LogP contribution in [0.4, 0.5) is 11.8 Å². The molecule has 0 radical (unpaired) electrons. The summed E-state index contributed by atoms with van der Waals surface area (Å²) in [7, 11) is 0. The fraction of sp³-hybridized carbons (Fsp3) is 0.591. The SMILES string of the molecule is CC(C)N(CCNc1nc(N2CCCC2CO)nc2c1ncn2-c1ccsc1)C(C)C. The maximum Gasteiger partial charge on any atom is 0.229 e. The fourth-order valence-corrected chi connectivity index (χ4v) is 5.06. The van der Waals surface area contributed by atoms with Crippen LogP contribution in [0.2, 0.25) is 0 Å². The molecule has 0 saturated carbocycles. The van der Waals surface area contributed by atoms with Crippen LogP contribution in [0, 0.1) is 0 Å². The van der Waals surface area contributed by atoms with E-state index in [0.717, 1.165) is 55.1 Å². The number of aromatic nitrogens is 4. The predicted octanol–water partition coefficient (Wildman–Crippen LogP) is 3.37. The molecule has 4 heterocycles. The molecule has 3 aromatic heterocycles. The summed E-state index contributed by atoms with van der Waals surface area (Å²) in [6.45, 7) is 11.6. The van der Waals surface area contributed by atoms with Crippen LogP contribution in [0.5, 0.6) is 0 Å². The first-order valence-electron chi connectivity index (χ1n) is 11.1. The van der Waals surface area contributed by atoms with Crippen LogP contribution in [0.15, 0.2) is 23.2 Å². The second kappa shape index (κ2) is 9.50. The Balaban J connectivity index is 1.68. The van der Waals surface area contributed by atoms with Gasteiger partial charge in [0.15, 0.2) is 17.0 Å². The molecular formula is C22H33N7OS. The van der Waals surface area contributed by atoms with Crippen molar-refractivity contribution in [2.75, 3.05) is 36.5 Å². The number of hydrogen-bond donors (Lipinski definition) is 2. The molecule has 2 N–H and O–H groups in total. The van der Waals surface area contributed by atoms with E-state index in [-0.39, 0.29) is 12.6 Å². The quantitative estimate of drug-likeness (QED) is 0.525. The smallest absolute Gasteiger partial charge is 0.229 e. The maximum atomic E-state index is 9.82. The summed E-state index contributed by atoms with van der Waals surface area (Å²) in [6.07, 6.45) is 3.82. The second-order valence-electron chi connectivity index (χ2n) is 8.66. The van der Waals surface area contributed by atoms with E-state index < -0.39 is 0 Å². The monoisotopic (exact) mass is 443 g/mol. The topological polar surface area (TPSA) is 82.3 Å². The molecule has 4 rings (SSSR count). The summed E-state index contributed by atoms with van der Waals surface area (Å²) in [4.78, 5) is 19.0. The standard InChI is InChI=1S/C22H33N7OS/c1-15(2)27(16(3)4)10-8-23-20-19-21(29(14-24-19)18-7-11-31-13-18)26-22(25-20)28-9-5-6-17(28)12-30/h7,11,13-17,30H,5-6,8-10,12H2,1-4H3,(H,23,25,26). The summed E-state index contributed by atoms with van der Waals surface area (Å²) >= 11 is 1.65. The number of nitrogens with zero attached hydrogens (tertiary/aromatic N) is 6. The van der Waals surface area contributed by atoms with Gasteiger partial charge in [0.05, 0.1) is 18.3 Å². The minimum Gasteiger partial charge on any atom is -0.394 e. The number of fused-ring (bicyclic) bond motifs is 1. The van der Waals surface area contributed by atoms with Gasteiger partial charge >= 0.3 is 0 Å². The van der Waals surface area contributed by atoms with Crippen molar-refractivity contribution in [2.24, 2.45) is 0 Å². The Hall–Kier alpha value is -2.23. The molecule has 0 bridgehead atoms. The van der Waals surface area contributed by atoms with E-state index in [9.17, 15) is 5.11 Å². The lowest BCUT2D eigenvalue weighted by atomic mass is 10.2. The zero-order chi connectivity index (χ0) is 22.0. The van der Waals surface area contributed by atoms with Crippen molar-refractivity contribution in [3.8, 4) is 5.69 Å². The lowest BCUT2D eigenvalue weighted by Crippen LogP contribution is -2.40. The molecule has 1 unspecified atom stereocenters. The van der Waals surface area contributed by atoms with Gasteiger partial charge in [-0.05, 0) is 52.0 Å². The first-order valence-corrected chi connectivity index (χ1v) is 12.1. The average Bonchev–Trinajstić information content (AvgIpc) is 3.49. The van der Waals surface area contributed by atoms with E-state index in [1.165, 1.54) is 0 Å². The predicted molar refractivity (Wildman–Crippen MR) is 127 cm³/mol. The lowest BCUT2D eigenvalue weighted by Gasteiger charge is -2.30. The maximum absolute atomic E-state index is 9.82. The Labute approximate surface area is 187 Å². The molecular weight excluding hydrogens is 410 g/mol. The van der Waals surface area contributed by atoms with Crippen LogP contribution in [0.25, 0.3) is 16.9 Å². The highest BCUT2D eigenvalue weighted by Gasteiger charge is 2.28. The van der Waals surface area contributed by atoms with Gasteiger partial charge in [-0.25, -0.2) is 4.98 Å². The summed E-state index contributed by atoms with van der Waals surface area (Å²) in [5.74, 6) is 1.41. The third kappa shape index (κ3) is 4.53. The normalized spacial score (nSPS) is 17.0. The zero-order valence-electron chi connectivity index (χ0n) is 18.8. The number of aliphatic hydroxyl groups is 1. The molecule has 3 aromatic rings. The summed E-state index contributed by atoms with van der Waals surface area (Å²) in [6, 6.07) is 3.10. The Bertz CT molecular complexity index is 977. The average molecular weight is 444 g/mol. The van der Waals surface area contributed by atoms with Crippen molar-refractivity contribution < 1.29 is 5.11 Å². The van der Waals surface area contributed by atoms with Crippen molar-refractivity contribution in [1.82, 2.24) is 24.4 Å². The molecule has 1 atom stereocenters. The third-order valence-corrected chi connectivity index (χ3v) is 6.67. The van der Waals surface area contributed by atoms with Crippen molar-refractivity contribution >= 4 is 34.3 Å². The van der Waals surface area contributed by atoms with Gasteiger partial charge in [0.25, 0.3) is 0 Å². The second-order valence-corrected chi connectivity index (χ2v) is 9.44. The number of hydrogen-bond acceptors (Lipinski definition) is 8. The van der Waals surface area contributed by atoms with Gasteiger partial charge < -0.3 is 15.3 Å². The van der Waals surface area contributed by atoms with Gasteiger partial charge in [-0.3, -0.25) is 9.47 Å². The number of nitrogens with one attached hydrogen (secondary N) is 1. The van der Waals surface area contributed by atoms with Gasteiger partial charge in [0.1, 0.15) is 6.33 Å². The molecule has 1 saturated heterocycles. The molecule has 1 aliphatic heterocycles. The number of thiophene rings is 1. The molecule has 31 heavy (non-hydrogen) atoms. The van der Waals surface area contributed by atoms with Crippen LogP contribution in [0.3, 0.4) is 0 Å². The van der Waals surface area contributed by atoms with Crippen molar-refractivity contribution in [2.45, 2.75) is 58.7 Å². The Morgan fingerprint density at radius 2 is 2.06 bits per heavy atom. The summed E-state index contributed by atoms with van der Waals surface area (Å²) < 4.78 is 2.01. The number of anilines is 2. The Morgan fingerprint density at radius 3 is 2.74 bits per heavy atom. The zero-order valence-corrected chi connectivity index (χ0v) is 19.6. The molecule has 0 spiro atoms. The van der Waals surface area contributed by atoms with Gasteiger partial charge in [0.2, 0.25) is 5.95 Å². The molecule has 1 aliphatic rings. The van der Waals surface area contributed by atoms with Crippen LogP contribution in [0.1, 0.15) is 40.5 Å². The first-order chi connectivity index (χ1) is 15.0. The minimum atomic E-state index is 0.0696. The largest absolute Gasteiger partial charge is 0.394 e. The van der Waals surface area contributed by atoms with Crippen molar-refractivity contribution in [1.29, 1.82) is 0 Å². The van der Waals surface area contributed by atoms with Gasteiger partial charge in [-0.2, -0.15) is 21.3 Å². The number of imidazole rings is 1. The van der Waals surface area contributed by atoms with E-state index >= 15 is 0 Å². The van der Waals surface area contributed by atoms with Crippen molar-refractivity contribution in [3.05, 3.63) is 23.2 Å². The molecule has 168 valence electrons. The van der Waals surface area contributed by atoms with Crippen LogP contribution < -0.4 is 10.2 Å². The highest BCUT2D eigenvalue weighted by molar-refractivity contribution is 7.08. The van der Waals surface area contributed by atoms with Crippen LogP contribution >= 0.6 is 11.3 Å². The van der Waals surface area contributed by atoms with Crippen LogP contribution in [-0.4, -0.2) is 73.9 Å². The molecule has 0 amide bonds. The Kier molecular flexibility index (Phi) is 6.74. The van der Waals surface area contributed by atoms with E-state index in [1.54, 1.807) is 11.3 Å². The molecule has 9 heteroatoms. The Morgan fingerprint density at radius 1 is 1.26 bits per heavy atom.